The number of carbonyl (C=O) groups is 1. The average molecular weight is 434 g/mol. The number of rotatable bonds is 4. The summed E-state index contributed by atoms with van der Waals surface area (Å²) in [5.74, 6) is -0.377. The molecule has 2 rings (SSSR count). The molecule has 1 unspecified atom stereocenters. The van der Waals surface area contributed by atoms with Crippen molar-refractivity contribution < 1.29 is 9.53 Å². The molecule has 110 valence electrons. The standard InChI is InChI=1S/C15H12Br2ClNO2/c1-21-15(20)14(12-6-5-10(18)8-13(12)17)19-11-4-2-3-9(16)7-11/h2-8,14,19H,1H3. The zero-order chi connectivity index (χ0) is 15.4. The smallest absolute Gasteiger partial charge is 0.333 e. The van der Waals surface area contributed by atoms with E-state index in [1.54, 1.807) is 18.2 Å². The first-order valence-corrected chi connectivity index (χ1v) is 8.02. The summed E-state index contributed by atoms with van der Waals surface area (Å²) in [6.45, 7) is 0. The highest BCUT2D eigenvalue weighted by molar-refractivity contribution is 9.10. The van der Waals surface area contributed by atoms with Crippen LogP contribution in [0.15, 0.2) is 51.4 Å². The Labute approximate surface area is 144 Å². The van der Waals surface area contributed by atoms with Gasteiger partial charge in [-0.05, 0) is 35.9 Å². The third kappa shape index (κ3) is 4.22. The molecule has 1 N–H and O–H groups in total. The van der Waals surface area contributed by atoms with Crippen molar-refractivity contribution in [2.75, 3.05) is 12.4 Å². The van der Waals surface area contributed by atoms with E-state index in [-0.39, 0.29) is 5.97 Å². The van der Waals surface area contributed by atoms with Crippen molar-refractivity contribution in [1.29, 1.82) is 0 Å². The number of carbonyl (C=O) groups excluding carboxylic acids is 1. The third-order valence-electron chi connectivity index (χ3n) is 2.85. The van der Waals surface area contributed by atoms with Gasteiger partial charge in [0, 0.05) is 19.7 Å². The van der Waals surface area contributed by atoms with E-state index >= 15 is 0 Å². The molecule has 0 aromatic heterocycles. The number of halogens is 3. The van der Waals surface area contributed by atoms with Crippen LogP contribution >= 0.6 is 43.5 Å². The van der Waals surface area contributed by atoms with Crippen LogP contribution in [0.2, 0.25) is 5.02 Å². The highest BCUT2D eigenvalue weighted by Gasteiger charge is 2.23. The average Bonchev–Trinajstić information content (AvgIpc) is 2.45. The summed E-state index contributed by atoms with van der Waals surface area (Å²) in [6.07, 6.45) is 0. The van der Waals surface area contributed by atoms with Crippen LogP contribution in [0, 0.1) is 0 Å². The molecular weight excluding hydrogens is 421 g/mol. The molecular formula is C15H12Br2ClNO2. The van der Waals surface area contributed by atoms with Gasteiger partial charge in [-0.3, -0.25) is 0 Å². The van der Waals surface area contributed by atoms with Gasteiger partial charge in [-0.2, -0.15) is 0 Å². The molecule has 0 saturated carbocycles. The number of esters is 1. The lowest BCUT2D eigenvalue weighted by Crippen LogP contribution is -2.22. The van der Waals surface area contributed by atoms with E-state index in [2.05, 4.69) is 37.2 Å². The molecule has 1 atom stereocenters. The molecule has 0 amide bonds. The van der Waals surface area contributed by atoms with E-state index in [4.69, 9.17) is 16.3 Å². The summed E-state index contributed by atoms with van der Waals surface area (Å²) in [4.78, 5) is 12.1. The molecule has 2 aromatic carbocycles. The zero-order valence-corrected chi connectivity index (χ0v) is 15.0. The van der Waals surface area contributed by atoms with Crippen molar-refractivity contribution in [3.8, 4) is 0 Å². The van der Waals surface area contributed by atoms with Crippen LogP contribution in [-0.4, -0.2) is 13.1 Å². The van der Waals surface area contributed by atoms with E-state index in [0.29, 0.717) is 5.02 Å². The molecule has 0 bridgehead atoms. The molecule has 0 spiro atoms. The minimum atomic E-state index is -0.629. The van der Waals surface area contributed by atoms with E-state index in [1.807, 2.05) is 24.3 Å². The molecule has 0 aliphatic rings. The van der Waals surface area contributed by atoms with Crippen LogP contribution in [0.3, 0.4) is 0 Å². The highest BCUT2D eigenvalue weighted by Crippen LogP contribution is 2.30. The quantitative estimate of drug-likeness (QED) is 0.675. The van der Waals surface area contributed by atoms with Crippen molar-refractivity contribution in [1.82, 2.24) is 0 Å². The van der Waals surface area contributed by atoms with Crippen molar-refractivity contribution in [2.45, 2.75) is 6.04 Å². The number of benzene rings is 2. The fraction of sp³-hybridized carbons (Fsp3) is 0.133. The molecule has 0 saturated heterocycles. The second kappa shape index (κ2) is 7.29. The van der Waals surface area contributed by atoms with Gasteiger partial charge < -0.3 is 10.1 Å². The maximum absolute atomic E-state index is 12.1. The molecule has 2 aromatic rings. The molecule has 0 aliphatic carbocycles. The van der Waals surface area contributed by atoms with Gasteiger partial charge in [-0.15, -0.1) is 0 Å². The molecule has 21 heavy (non-hydrogen) atoms. The van der Waals surface area contributed by atoms with Crippen molar-refractivity contribution in [3.63, 3.8) is 0 Å². The van der Waals surface area contributed by atoms with Crippen molar-refractivity contribution >= 4 is 55.1 Å². The first-order chi connectivity index (χ1) is 10.0. The lowest BCUT2D eigenvalue weighted by Gasteiger charge is -2.19. The summed E-state index contributed by atoms with van der Waals surface area (Å²) in [5, 5.41) is 3.76. The summed E-state index contributed by atoms with van der Waals surface area (Å²) in [5.41, 5.74) is 1.56. The van der Waals surface area contributed by atoms with E-state index in [0.717, 1.165) is 20.2 Å². The lowest BCUT2D eigenvalue weighted by atomic mass is 10.1. The van der Waals surface area contributed by atoms with Crippen molar-refractivity contribution in [2.24, 2.45) is 0 Å². The van der Waals surface area contributed by atoms with Gasteiger partial charge in [-0.25, -0.2) is 4.79 Å². The molecule has 0 aliphatic heterocycles. The Morgan fingerprint density at radius 3 is 2.62 bits per heavy atom. The number of ether oxygens (including phenoxy) is 1. The lowest BCUT2D eigenvalue weighted by molar-refractivity contribution is -0.141. The van der Waals surface area contributed by atoms with Crippen LogP contribution in [0.1, 0.15) is 11.6 Å². The second-order valence-corrected chi connectivity index (χ2v) is 6.48. The molecule has 0 heterocycles. The summed E-state index contributed by atoms with van der Waals surface area (Å²) < 4.78 is 6.55. The second-order valence-electron chi connectivity index (χ2n) is 4.28. The van der Waals surface area contributed by atoms with Gasteiger partial charge in [0.25, 0.3) is 0 Å². The normalized spacial score (nSPS) is 11.8. The SMILES string of the molecule is COC(=O)C(Nc1cccc(Br)c1)c1ccc(Cl)cc1Br. The topological polar surface area (TPSA) is 38.3 Å². The Morgan fingerprint density at radius 1 is 1.24 bits per heavy atom. The Balaban J connectivity index is 2.37. The van der Waals surface area contributed by atoms with Crippen molar-refractivity contribution in [3.05, 3.63) is 62.0 Å². The maximum Gasteiger partial charge on any atom is 0.333 e. The van der Waals surface area contributed by atoms with Gasteiger partial charge >= 0.3 is 5.97 Å². The number of nitrogens with one attached hydrogen (secondary N) is 1. The van der Waals surface area contributed by atoms with E-state index in [1.165, 1.54) is 7.11 Å². The largest absolute Gasteiger partial charge is 0.467 e. The van der Waals surface area contributed by atoms with Crippen LogP contribution in [0.25, 0.3) is 0 Å². The fourth-order valence-corrected chi connectivity index (χ4v) is 3.17. The Kier molecular flexibility index (Phi) is 5.67. The van der Waals surface area contributed by atoms with Crippen LogP contribution in [0.4, 0.5) is 5.69 Å². The molecule has 3 nitrogen and oxygen atoms in total. The van der Waals surface area contributed by atoms with Gasteiger partial charge in [0.1, 0.15) is 0 Å². The van der Waals surface area contributed by atoms with Crippen LogP contribution in [0.5, 0.6) is 0 Å². The number of anilines is 1. The van der Waals surface area contributed by atoms with Gasteiger partial charge in [0.2, 0.25) is 0 Å². The predicted octanol–water partition coefficient (Wildman–Crippen LogP) is 5.19. The van der Waals surface area contributed by atoms with Gasteiger partial charge in [0.05, 0.1) is 7.11 Å². The first kappa shape index (κ1) is 16.3. The third-order valence-corrected chi connectivity index (χ3v) is 4.26. The maximum atomic E-state index is 12.1. The minimum absolute atomic E-state index is 0.377. The number of methoxy groups -OCH3 is 1. The van der Waals surface area contributed by atoms with E-state index in [9.17, 15) is 4.79 Å². The van der Waals surface area contributed by atoms with Gasteiger partial charge in [-0.1, -0.05) is 55.6 Å². The Hall–Kier alpha value is -1.04. The van der Waals surface area contributed by atoms with Crippen LogP contribution in [-0.2, 0) is 9.53 Å². The zero-order valence-electron chi connectivity index (χ0n) is 11.1. The number of hydrogen-bond acceptors (Lipinski definition) is 3. The summed E-state index contributed by atoms with van der Waals surface area (Å²) in [7, 11) is 1.36. The summed E-state index contributed by atoms with van der Waals surface area (Å²) in [6, 6.07) is 12.2. The molecule has 0 radical (unpaired) electrons. The van der Waals surface area contributed by atoms with Gasteiger partial charge in [0.15, 0.2) is 6.04 Å². The Bertz CT molecular complexity index is 664. The molecule has 0 fully saturated rings. The van der Waals surface area contributed by atoms with Crippen LogP contribution < -0.4 is 5.32 Å². The fourth-order valence-electron chi connectivity index (χ4n) is 1.86. The number of hydrogen-bond donors (Lipinski definition) is 1. The minimum Gasteiger partial charge on any atom is -0.467 e. The van der Waals surface area contributed by atoms with E-state index < -0.39 is 6.04 Å². The highest BCUT2D eigenvalue weighted by atomic mass is 79.9. The predicted molar refractivity (Wildman–Crippen MR) is 91.7 cm³/mol. The monoisotopic (exact) mass is 431 g/mol. The molecule has 6 heteroatoms. The summed E-state index contributed by atoms with van der Waals surface area (Å²) >= 11 is 12.8. The Morgan fingerprint density at radius 2 is 2.00 bits per heavy atom. The first-order valence-electron chi connectivity index (χ1n) is 6.06.